The Kier molecular flexibility index (Phi) is 5.38. The molecule has 94 valence electrons. The lowest BCUT2D eigenvalue weighted by atomic mass is 10.1. The molecule has 0 aliphatic rings. The number of benzene rings is 1. The van der Waals surface area contributed by atoms with E-state index in [1.807, 2.05) is 6.92 Å². The number of halogens is 2. The number of nitrogens with one attached hydrogen (secondary N) is 1. The minimum absolute atomic E-state index is 0.0946. The number of hydrogen-bond acceptors (Lipinski definition) is 2. The van der Waals surface area contributed by atoms with Crippen molar-refractivity contribution in [3.05, 3.63) is 29.0 Å². The maximum atomic E-state index is 12.8. The van der Waals surface area contributed by atoms with Gasteiger partial charge in [-0.25, -0.2) is 4.39 Å². The highest BCUT2D eigenvalue weighted by atomic mass is 35.5. The number of anilines is 1. The van der Waals surface area contributed by atoms with Gasteiger partial charge >= 0.3 is 0 Å². The van der Waals surface area contributed by atoms with Crippen LogP contribution in [0.4, 0.5) is 10.1 Å². The molecule has 1 amide bonds. The highest BCUT2D eigenvalue weighted by molar-refractivity contribution is 6.33. The number of carbonyl (C=O) groups is 1. The van der Waals surface area contributed by atoms with Crippen LogP contribution >= 0.6 is 11.6 Å². The van der Waals surface area contributed by atoms with Gasteiger partial charge in [0.25, 0.3) is 0 Å². The van der Waals surface area contributed by atoms with Gasteiger partial charge in [0.15, 0.2) is 0 Å². The summed E-state index contributed by atoms with van der Waals surface area (Å²) in [7, 11) is 0. The Labute approximate surface area is 105 Å². The average Bonchev–Trinajstić information content (AvgIpc) is 2.21. The van der Waals surface area contributed by atoms with Crippen LogP contribution < -0.4 is 11.1 Å². The third-order valence-corrected chi connectivity index (χ3v) is 2.58. The zero-order valence-corrected chi connectivity index (χ0v) is 10.4. The fourth-order valence-corrected chi connectivity index (χ4v) is 1.60. The largest absolute Gasteiger partial charge is 0.328 e. The molecule has 0 aliphatic carbocycles. The van der Waals surface area contributed by atoms with Crippen LogP contribution in [0, 0.1) is 5.82 Å². The molecule has 0 aliphatic heterocycles. The van der Waals surface area contributed by atoms with Gasteiger partial charge in [0, 0.05) is 12.5 Å². The van der Waals surface area contributed by atoms with E-state index >= 15 is 0 Å². The van der Waals surface area contributed by atoms with Crippen LogP contribution in [0.15, 0.2) is 18.2 Å². The molecule has 0 heterocycles. The standard InChI is InChI=1S/C12H16ClFN2O/c1-8(15)3-2-4-12(17)16-11-6-5-9(14)7-10(11)13/h5-8H,2-4,15H2,1H3,(H,16,17). The lowest BCUT2D eigenvalue weighted by Crippen LogP contribution is -2.17. The SMILES string of the molecule is CC(N)CCCC(=O)Nc1ccc(F)cc1Cl. The zero-order valence-electron chi connectivity index (χ0n) is 9.67. The summed E-state index contributed by atoms with van der Waals surface area (Å²) in [6.07, 6.45) is 1.90. The molecule has 17 heavy (non-hydrogen) atoms. The summed E-state index contributed by atoms with van der Waals surface area (Å²) in [6.45, 7) is 1.90. The molecule has 0 radical (unpaired) electrons. The van der Waals surface area contributed by atoms with Gasteiger partial charge in [-0.15, -0.1) is 0 Å². The molecule has 0 spiro atoms. The van der Waals surface area contributed by atoms with Crippen LogP contribution in [0.25, 0.3) is 0 Å². The molecule has 1 aromatic carbocycles. The Hall–Kier alpha value is -1.13. The van der Waals surface area contributed by atoms with Gasteiger partial charge in [-0.1, -0.05) is 11.6 Å². The van der Waals surface area contributed by atoms with Crippen LogP contribution in [0.3, 0.4) is 0 Å². The molecule has 1 atom stereocenters. The number of hydrogen-bond donors (Lipinski definition) is 2. The third-order valence-electron chi connectivity index (χ3n) is 2.27. The van der Waals surface area contributed by atoms with E-state index in [2.05, 4.69) is 5.32 Å². The van der Waals surface area contributed by atoms with Crippen LogP contribution in [0.1, 0.15) is 26.2 Å². The smallest absolute Gasteiger partial charge is 0.224 e. The lowest BCUT2D eigenvalue weighted by molar-refractivity contribution is -0.116. The molecule has 1 rings (SSSR count). The minimum Gasteiger partial charge on any atom is -0.328 e. The second kappa shape index (κ2) is 6.57. The highest BCUT2D eigenvalue weighted by Crippen LogP contribution is 2.22. The van der Waals surface area contributed by atoms with Crippen LogP contribution in [0.2, 0.25) is 5.02 Å². The normalized spacial score (nSPS) is 12.2. The van der Waals surface area contributed by atoms with E-state index in [1.165, 1.54) is 18.2 Å². The van der Waals surface area contributed by atoms with Crippen molar-refractivity contribution in [1.29, 1.82) is 0 Å². The van der Waals surface area contributed by atoms with Gasteiger partial charge in [-0.3, -0.25) is 4.79 Å². The summed E-state index contributed by atoms with van der Waals surface area (Å²) in [4.78, 5) is 11.5. The summed E-state index contributed by atoms with van der Waals surface area (Å²) in [5.41, 5.74) is 6.01. The van der Waals surface area contributed by atoms with Gasteiger partial charge in [0.2, 0.25) is 5.91 Å². The van der Waals surface area contributed by atoms with Gasteiger partial charge in [0.1, 0.15) is 5.82 Å². The van der Waals surface area contributed by atoms with Gasteiger partial charge in [-0.05, 0) is 38.0 Å². The Morgan fingerprint density at radius 1 is 1.59 bits per heavy atom. The van der Waals surface area contributed by atoms with Crippen molar-refractivity contribution >= 4 is 23.2 Å². The van der Waals surface area contributed by atoms with Crippen LogP contribution in [-0.2, 0) is 4.79 Å². The van der Waals surface area contributed by atoms with E-state index in [0.717, 1.165) is 12.8 Å². The van der Waals surface area contributed by atoms with Crippen molar-refractivity contribution in [2.24, 2.45) is 5.73 Å². The number of amides is 1. The van der Waals surface area contributed by atoms with E-state index in [1.54, 1.807) is 0 Å². The molecular formula is C12H16ClFN2O. The van der Waals surface area contributed by atoms with Gasteiger partial charge in [0.05, 0.1) is 10.7 Å². The zero-order chi connectivity index (χ0) is 12.8. The molecule has 0 fully saturated rings. The average molecular weight is 259 g/mol. The predicted octanol–water partition coefficient (Wildman–Crippen LogP) is 2.94. The Morgan fingerprint density at radius 2 is 2.29 bits per heavy atom. The molecule has 1 aromatic rings. The Balaban J connectivity index is 2.45. The fraction of sp³-hybridized carbons (Fsp3) is 0.417. The van der Waals surface area contributed by atoms with E-state index in [9.17, 15) is 9.18 Å². The van der Waals surface area contributed by atoms with Crippen molar-refractivity contribution < 1.29 is 9.18 Å². The molecule has 3 nitrogen and oxygen atoms in total. The first-order valence-corrected chi connectivity index (χ1v) is 5.87. The summed E-state index contributed by atoms with van der Waals surface area (Å²) >= 11 is 5.78. The van der Waals surface area contributed by atoms with Gasteiger partial charge < -0.3 is 11.1 Å². The first kappa shape index (κ1) is 13.9. The lowest BCUT2D eigenvalue weighted by Gasteiger charge is -2.08. The van der Waals surface area contributed by atoms with Crippen LogP contribution in [0.5, 0.6) is 0 Å². The molecule has 0 saturated carbocycles. The first-order chi connectivity index (χ1) is 7.99. The second-order valence-electron chi connectivity index (χ2n) is 4.04. The topological polar surface area (TPSA) is 55.1 Å². The summed E-state index contributed by atoms with van der Waals surface area (Å²) < 4.78 is 12.8. The molecule has 1 unspecified atom stereocenters. The maximum Gasteiger partial charge on any atom is 0.224 e. The third kappa shape index (κ3) is 5.15. The molecular weight excluding hydrogens is 243 g/mol. The predicted molar refractivity (Wildman–Crippen MR) is 67.5 cm³/mol. The molecule has 0 aromatic heterocycles. The van der Waals surface area contributed by atoms with E-state index in [4.69, 9.17) is 17.3 Å². The van der Waals surface area contributed by atoms with E-state index < -0.39 is 5.82 Å². The maximum absolute atomic E-state index is 12.8. The molecule has 0 saturated heterocycles. The Bertz CT molecular complexity index is 396. The Morgan fingerprint density at radius 3 is 2.88 bits per heavy atom. The quantitative estimate of drug-likeness (QED) is 0.853. The van der Waals surface area contributed by atoms with E-state index in [-0.39, 0.29) is 17.0 Å². The monoisotopic (exact) mass is 258 g/mol. The molecule has 3 N–H and O–H groups in total. The van der Waals surface area contributed by atoms with Crippen LogP contribution in [-0.4, -0.2) is 11.9 Å². The number of nitrogens with two attached hydrogens (primary N) is 1. The first-order valence-electron chi connectivity index (χ1n) is 5.49. The molecule has 5 heteroatoms. The molecule has 0 bridgehead atoms. The number of carbonyl (C=O) groups excluding carboxylic acids is 1. The minimum atomic E-state index is -0.426. The summed E-state index contributed by atoms with van der Waals surface area (Å²) in [5.74, 6) is -0.566. The second-order valence-corrected chi connectivity index (χ2v) is 4.45. The van der Waals surface area contributed by atoms with E-state index in [0.29, 0.717) is 12.1 Å². The van der Waals surface area contributed by atoms with Crippen molar-refractivity contribution in [2.45, 2.75) is 32.2 Å². The van der Waals surface area contributed by atoms with Crippen molar-refractivity contribution in [2.75, 3.05) is 5.32 Å². The van der Waals surface area contributed by atoms with Crippen molar-refractivity contribution in [3.8, 4) is 0 Å². The number of rotatable bonds is 5. The van der Waals surface area contributed by atoms with Gasteiger partial charge in [-0.2, -0.15) is 0 Å². The highest BCUT2D eigenvalue weighted by Gasteiger charge is 2.07. The van der Waals surface area contributed by atoms with Crippen molar-refractivity contribution in [3.63, 3.8) is 0 Å². The summed E-state index contributed by atoms with van der Waals surface area (Å²) in [6, 6.07) is 3.96. The summed E-state index contributed by atoms with van der Waals surface area (Å²) in [5, 5.41) is 2.83. The van der Waals surface area contributed by atoms with Crippen molar-refractivity contribution in [1.82, 2.24) is 0 Å². The fourth-order valence-electron chi connectivity index (χ4n) is 1.39.